The predicted molar refractivity (Wildman–Crippen MR) is 47.3 cm³/mol. The summed E-state index contributed by atoms with van der Waals surface area (Å²) >= 11 is 0. The highest BCUT2D eigenvalue weighted by Gasteiger charge is 2.18. The zero-order valence-electron chi connectivity index (χ0n) is 8.22. The molecule has 0 radical (unpaired) electrons. The summed E-state index contributed by atoms with van der Waals surface area (Å²) in [6.07, 6.45) is 1.08. The van der Waals surface area contributed by atoms with Gasteiger partial charge in [0.05, 0.1) is 11.5 Å². The Balaban J connectivity index is 3.86. The number of carbonyl (C=O) groups is 1. The third-order valence-electron chi connectivity index (χ3n) is 1.77. The molecule has 12 heavy (non-hydrogen) atoms. The van der Waals surface area contributed by atoms with Gasteiger partial charge >= 0.3 is 0 Å². The van der Waals surface area contributed by atoms with E-state index in [2.05, 4.69) is 6.07 Å². The molecule has 3 heteroatoms. The van der Waals surface area contributed by atoms with Crippen LogP contribution in [0.25, 0.3) is 0 Å². The van der Waals surface area contributed by atoms with Gasteiger partial charge in [-0.2, -0.15) is 5.26 Å². The van der Waals surface area contributed by atoms with Crippen molar-refractivity contribution in [1.29, 1.82) is 5.26 Å². The molecule has 1 amide bonds. The molecule has 0 heterocycles. The van der Waals surface area contributed by atoms with Crippen molar-refractivity contribution >= 4 is 5.91 Å². The fourth-order valence-corrected chi connectivity index (χ4v) is 0.699. The highest BCUT2D eigenvalue weighted by Crippen LogP contribution is 2.20. The maximum absolute atomic E-state index is 11.1. The summed E-state index contributed by atoms with van der Waals surface area (Å²) in [7, 11) is 3.45. The number of carbonyl (C=O) groups excluding carboxylic acids is 1. The molecule has 0 unspecified atom stereocenters. The molecule has 0 aliphatic heterocycles. The first-order valence-electron chi connectivity index (χ1n) is 4.00. The van der Waals surface area contributed by atoms with Crippen LogP contribution in [0.5, 0.6) is 0 Å². The lowest BCUT2D eigenvalue weighted by atomic mass is 9.89. The van der Waals surface area contributed by atoms with Crippen LogP contribution in [0.3, 0.4) is 0 Å². The fraction of sp³-hybridized carbons (Fsp3) is 0.778. The minimum atomic E-state index is -0.383. The van der Waals surface area contributed by atoms with Gasteiger partial charge in [0.2, 0.25) is 5.91 Å². The van der Waals surface area contributed by atoms with Crippen molar-refractivity contribution in [3.8, 4) is 6.07 Å². The number of nitrogens with zero attached hydrogens (tertiary/aromatic N) is 2. The maximum Gasteiger partial charge on any atom is 0.222 e. The molecule has 0 rings (SSSR count). The van der Waals surface area contributed by atoms with E-state index in [1.54, 1.807) is 19.0 Å². The molecule has 0 atom stereocenters. The Morgan fingerprint density at radius 2 is 2.00 bits per heavy atom. The van der Waals surface area contributed by atoms with Crippen LogP contribution in [0.1, 0.15) is 26.7 Å². The molecule has 0 spiro atoms. The van der Waals surface area contributed by atoms with Crippen LogP contribution in [-0.4, -0.2) is 24.9 Å². The van der Waals surface area contributed by atoms with E-state index >= 15 is 0 Å². The summed E-state index contributed by atoms with van der Waals surface area (Å²) in [5.74, 6) is 0.0818. The molecule has 0 aliphatic rings. The highest BCUT2D eigenvalue weighted by atomic mass is 16.2. The average Bonchev–Trinajstić information content (AvgIpc) is 2.00. The number of nitriles is 1. The summed E-state index contributed by atoms with van der Waals surface area (Å²) in [5.41, 5.74) is -0.383. The zero-order valence-corrected chi connectivity index (χ0v) is 8.22. The molecule has 68 valence electrons. The molecule has 0 bridgehead atoms. The second-order valence-corrected chi connectivity index (χ2v) is 3.78. The Bertz CT molecular complexity index is 201. The third-order valence-corrected chi connectivity index (χ3v) is 1.77. The standard InChI is InChI=1S/C9H16N2O/c1-9(2,7-10)6-5-8(12)11(3)4/h5-6H2,1-4H3. The molecule has 3 nitrogen and oxygen atoms in total. The van der Waals surface area contributed by atoms with E-state index in [9.17, 15) is 4.79 Å². The fourth-order valence-electron chi connectivity index (χ4n) is 0.699. The Kier molecular flexibility index (Phi) is 3.75. The molecule has 0 saturated carbocycles. The van der Waals surface area contributed by atoms with Crippen LogP contribution < -0.4 is 0 Å². The van der Waals surface area contributed by atoms with Gasteiger partial charge in [-0.1, -0.05) is 0 Å². The van der Waals surface area contributed by atoms with Crippen LogP contribution in [0.4, 0.5) is 0 Å². The van der Waals surface area contributed by atoms with Crippen LogP contribution in [-0.2, 0) is 4.79 Å². The first-order valence-corrected chi connectivity index (χ1v) is 4.00. The average molecular weight is 168 g/mol. The topological polar surface area (TPSA) is 44.1 Å². The smallest absolute Gasteiger partial charge is 0.222 e. The molecule has 0 N–H and O–H groups in total. The second-order valence-electron chi connectivity index (χ2n) is 3.78. The normalized spacial score (nSPS) is 10.6. The number of hydrogen-bond donors (Lipinski definition) is 0. The van der Waals surface area contributed by atoms with Crippen molar-refractivity contribution < 1.29 is 4.79 Å². The number of hydrogen-bond acceptors (Lipinski definition) is 2. The number of amides is 1. The van der Waals surface area contributed by atoms with Gasteiger partial charge in [-0.25, -0.2) is 0 Å². The van der Waals surface area contributed by atoms with Crippen molar-refractivity contribution in [2.75, 3.05) is 14.1 Å². The summed E-state index contributed by atoms with van der Waals surface area (Å²) in [4.78, 5) is 12.7. The molecule has 0 aromatic heterocycles. The van der Waals surface area contributed by atoms with E-state index in [1.807, 2.05) is 13.8 Å². The zero-order chi connectivity index (χ0) is 9.78. The summed E-state index contributed by atoms with van der Waals surface area (Å²) in [6.45, 7) is 3.69. The van der Waals surface area contributed by atoms with E-state index in [1.165, 1.54) is 0 Å². The van der Waals surface area contributed by atoms with Gasteiger partial charge in [0.1, 0.15) is 0 Å². The predicted octanol–water partition coefficient (Wildman–Crippen LogP) is 1.40. The minimum absolute atomic E-state index is 0.0818. The summed E-state index contributed by atoms with van der Waals surface area (Å²) < 4.78 is 0. The third kappa shape index (κ3) is 3.97. The van der Waals surface area contributed by atoms with E-state index in [0.29, 0.717) is 12.8 Å². The lowest BCUT2D eigenvalue weighted by Crippen LogP contribution is -2.23. The van der Waals surface area contributed by atoms with Crippen molar-refractivity contribution in [3.63, 3.8) is 0 Å². The van der Waals surface area contributed by atoms with Gasteiger partial charge in [0.25, 0.3) is 0 Å². The summed E-state index contributed by atoms with van der Waals surface area (Å²) in [5, 5.41) is 8.67. The van der Waals surface area contributed by atoms with Gasteiger partial charge in [0.15, 0.2) is 0 Å². The maximum atomic E-state index is 11.1. The first kappa shape index (κ1) is 11.0. The Labute approximate surface area is 74.0 Å². The molecular formula is C9H16N2O. The molecule has 0 aromatic carbocycles. The quantitative estimate of drug-likeness (QED) is 0.639. The molecular weight excluding hydrogens is 152 g/mol. The molecule has 0 fully saturated rings. The van der Waals surface area contributed by atoms with E-state index < -0.39 is 0 Å². The SMILES string of the molecule is CN(C)C(=O)CCC(C)(C)C#N. The lowest BCUT2D eigenvalue weighted by Gasteiger charge is -2.16. The van der Waals surface area contributed by atoms with Crippen LogP contribution in [0.2, 0.25) is 0 Å². The van der Waals surface area contributed by atoms with Crippen molar-refractivity contribution in [2.24, 2.45) is 5.41 Å². The van der Waals surface area contributed by atoms with E-state index in [0.717, 1.165) is 0 Å². The van der Waals surface area contributed by atoms with Crippen LogP contribution in [0, 0.1) is 16.7 Å². The summed E-state index contributed by atoms with van der Waals surface area (Å²) in [6, 6.07) is 2.16. The van der Waals surface area contributed by atoms with Gasteiger partial charge in [0, 0.05) is 20.5 Å². The molecule has 0 aromatic rings. The van der Waals surface area contributed by atoms with Crippen molar-refractivity contribution in [2.45, 2.75) is 26.7 Å². The van der Waals surface area contributed by atoms with E-state index in [-0.39, 0.29) is 11.3 Å². The van der Waals surface area contributed by atoms with Crippen LogP contribution >= 0.6 is 0 Å². The van der Waals surface area contributed by atoms with Crippen LogP contribution in [0.15, 0.2) is 0 Å². The van der Waals surface area contributed by atoms with E-state index in [4.69, 9.17) is 5.26 Å². The van der Waals surface area contributed by atoms with Crippen molar-refractivity contribution in [1.82, 2.24) is 4.90 Å². The van der Waals surface area contributed by atoms with Crippen molar-refractivity contribution in [3.05, 3.63) is 0 Å². The largest absolute Gasteiger partial charge is 0.349 e. The molecule has 0 aliphatic carbocycles. The highest BCUT2D eigenvalue weighted by molar-refractivity contribution is 5.75. The second kappa shape index (κ2) is 4.10. The lowest BCUT2D eigenvalue weighted by molar-refractivity contribution is -0.129. The Morgan fingerprint density at radius 1 is 1.50 bits per heavy atom. The molecule has 0 saturated heterocycles. The van der Waals surface area contributed by atoms with Gasteiger partial charge in [-0.15, -0.1) is 0 Å². The first-order chi connectivity index (χ1) is 5.39. The monoisotopic (exact) mass is 168 g/mol. The minimum Gasteiger partial charge on any atom is -0.349 e. The van der Waals surface area contributed by atoms with Gasteiger partial charge in [-0.3, -0.25) is 4.79 Å². The van der Waals surface area contributed by atoms with Gasteiger partial charge in [-0.05, 0) is 20.3 Å². The number of rotatable bonds is 3. The van der Waals surface area contributed by atoms with Gasteiger partial charge < -0.3 is 4.90 Å². The Hall–Kier alpha value is -1.04. The Morgan fingerprint density at radius 3 is 2.33 bits per heavy atom.